The zero-order valence-corrected chi connectivity index (χ0v) is 14.8. The molecule has 0 saturated heterocycles. The molecule has 2 aromatic carbocycles. The molecular weight excluding hydrogens is 429 g/mol. The molecule has 0 saturated carbocycles. The third kappa shape index (κ3) is 3.45. The highest BCUT2D eigenvalue weighted by Gasteiger charge is 2.26. The predicted octanol–water partition coefficient (Wildman–Crippen LogP) is 6.56. The summed E-state index contributed by atoms with van der Waals surface area (Å²) in [5, 5.41) is 21.0. The first-order valence-corrected chi connectivity index (χ1v) is 7.66. The number of rotatable bonds is 4. The molecule has 2 aromatic rings. The van der Waals surface area contributed by atoms with E-state index < -0.39 is 21.2 Å². The van der Waals surface area contributed by atoms with Crippen molar-refractivity contribution < 1.29 is 14.6 Å². The minimum atomic E-state index is -0.858. The summed E-state index contributed by atoms with van der Waals surface area (Å²) in [5.41, 5.74) is -1.16. The minimum absolute atomic E-state index is 0.112. The van der Waals surface area contributed by atoms with Gasteiger partial charge in [-0.05, 0) is 6.07 Å². The van der Waals surface area contributed by atoms with Gasteiger partial charge in [-0.2, -0.15) is 0 Å². The van der Waals surface area contributed by atoms with E-state index in [1.807, 2.05) is 0 Å². The Labute approximate surface area is 158 Å². The number of non-ortho nitro benzene ring substituents is 1. The maximum absolute atomic E-state index is 11.1. The summed E-state index contributed by atoms with van der Waals surface area (Å²) in [7, 11) is 0. The van der Waals surface area contributed by atoms with Crippen LogP contribution in [0.1, 0.15) is 0 Å². The Bertz CT molecular complexity index is 844. The molecule has 0 aliphatic rings. The van der Waals surface area contributed by atoms with Crippen LogP contribution in [0.5, 0.6) is 11.5 Å². The smallest absolute Gasteiger partial charge is 0.318 e. The first-order valence-electron chi connectivity index (χ1n) is 5.77. The number of hydrogen-bond acceptors (Lipinski definition) is 5. The average molecular weight is 432 g/mol. The molecule has 0 radical (unpaired) electrons. The highest BCUT2D eigenvalue weighted by molar-refractivity contribution is 6.55. The van der Waals surface area contributed by atoms with Crippen molar-refractivity contribution in [3.8, 4) is 11.5 Å². The van der Waals surface area contributed by atoms with Crippen molar-refractivity contribution in [3.63, 3.8) is 0 Å². The first-order chi connectivity index (χ1) is 11.1. The summed E-state index contributed by atoms with van der Waals surface area (Å²) < 4.78 is 5.33. The van der Waals surface area contributed by atoms with E-state index in [0.29, 0.717) is 0 Å². The van der Waals surface area contributed by atoms with Gasteiger partial charge in [-0.1, -0.05) is 58.0 Å². The second kappa shape index (κ2) is 7.16. The van der Waals surface area contributed by atoms with Crippen molar-refractivity contribution in [2.24, 2.45) is 0 Å². The van der Waals surface area contributed by atoms with Crippen molar-refractivity contribution in [1.82, 2.24) is 0 Å². The third-order valence-electron chi connectivity index (χ3n) is 2.73. The molecular formula is C12H3Cl5N2O5. The molecule has 0 unspecified atom stereocenters. The summed E-state index contributed by atoms with van der Waals surface area (Å²) >= 11 is 29.6. The van der Waals surface area contributed by atoms with Gasteiger partial charge < -0.3 is 4.74 Å². The molecule has 12 heteroatoms. The topological polar surface area (TPSA) is 95.5 Å². The van der Waals surface area contributed by atoms with E-state index in [1.165, 1.54) is 0 Å². The standard InChI is InChI=1S/C12H3Cl5N2O5/c13-7-8(14)10(16)12(11(17)9(7)15)24-6-2-1-4(18(20)21)3-5(6)19(22)23/h1-3H. The van der Waals surface area contributed by atoms with Crippen LogP contribution in [-0.2, 0) is 0 Å². The molecule has 0 bridgehead atoms. The molecule has 0 aliphatic heterocycles. The zero-order chi connectivity index (χ0) is 18.2. The van der Waals surface area contributed by atoms with Crippen molar-refractivity contribution >= 4 is 69.4 Å². The SMILES string of the molecule is O=[N+]([O-])c1ccc(Oc2c(Cl)c(Cl)c(Cl)c(Cl)c2Cl)c([N+](=O)[O-])c1. The van der Waals surface area contributed by atoms with Crippen molar-refractivity contribution in [2.45, 2.75) is 0 Å². The van der Waals surface area contributed by atoms with Gasteiger partial charge in [-0.15, -0.1) is 0 Å². The van der Waals surface area contributed by atoms with E-state index in [9.17, 15) is 20.2 Å². The van der Waals surface area contributed by atoms with Crippen LogP contribution in [0.4, 0.5) is 11.4 Å². The predicted molar refractivity (Wildman–Crippen MR) is 91.3 cm³/mol. The zero-order valence-electron chi connectivity index (χ0n) is 11.1. The summed E-state index contributed by atoms with van der Waals surface area (Å²) in [6, 6.07) is 2.78. The van der Waals surface area contributed by atoms with Gasteiger partial charge >= 0.3 is 5.69 Å². The Morgan fingerprint density at radius 2 is 1.29 bits per heavy atom. The fraction of sp³-hybridized carbons (Fsp3) is 0. The quantitative estimate of drug-likeness (QED) is 0.236. The summed E-state index contributed by atoms with van der Waals surface area (Å²) in [5.74, 6) is -0.612. The minimum Gasteiger partial charge on any atom is -0.447 e. The lowest BCUT2D eigenvalue weighted by Crippen LogP contribution is -1.97. The molecule has 0 atom stereocenters. The largest absolute Gasteiger partial charge is 0.447 e. The fourth-order valence-electron chi connectivity index (χ4n) is 1.63. The van der Waals surface area contributed by atoms with E-state index in [-0.39, 0.29) is 36.6 Å². The molecule has 0 heterocycles. The van der Waals surface area contributed by atoms with Crippen molar-refractivity contribution in [2.75, 3.05) is 0 Å². The number of nitro benzene ring substituents is 2. The average Bonchev–Trinajstić information content (AvgIpc) is 2.54. The summed E-state index contributed by atoms with van der Waals surface area (Å²) in [4.78, 5) is 20.2. The third-order valence-corrected chi connectivity index (χ3v) is 4.97. The van der Waals surface area contributed by atoms with E-state index in [4.69, 9.17) is 62.7 Å². The normalized spacial score (nSPS) is 10.5. The second-order valence-electron chi connectivity index (χ2n) is 4.17. The van der Waals surface area contributed by atoms with Crippen LogP contribution in [0.2, 0.25) is 25.1 Å². The van der Waals surface area contributed by atoms with Crippen LogP contribution in [-0.4, -0.2) is 9.85 Å². The van der Waals surface area contributed by atoms with Crippen LogP contribution >= 0.6 is 58.0 Å². The number of ether oxygens (including phenoxy) is 1. The second-order valence-corrected chi connectivity index (χ2v) is 6.06. The van der Waals surface area contributed by atoms with Gasteiger partial charge in [-0.3, -0.25) is 20.2 Å². The fourth-order valence-corrected chi connectivity index (χ4v) is 2.83. The van der Waals surface area contributed by atoms with Gasteiger partial charge in [0.1, 0.15) is 10.0 Å². The van der Waals surface area contributed by atoms with E-state index in [2.05, 4.69) is 0 Å². The van der Waals surface area contributed by atoms with Crippen molar-refractivity contribution in [3.05, 3.63) is 63.5 Å². The van der Waals surface area contributed by atoms with Gasteiger partial charge in [0, 0.05) is 6.07 Å². The van der Waals surface area contributed by atoms with Crippen molar-refractivity contribution in [1.29, 1.82) is 0 Å². The first kappa shape index (κ1) is 18.8. The molecule has 0 N–H and O–H groups in total. The van der Waals surface area contributed by atoms with Crippen LogP contribution in [0, 0.1) is 20.2 Å². The highest BCUT2D eigenvalue weighted by atomic mass is 35.5. The number of hydrogen-bond donors (Lipinski definition) is 0. The summed E-state index contributed by atoms with van der Waals surface area (Å²) in [6.07, 6.45) is 0. The number of nitro groups is 2. The van der Waals surface area contributed by atoms with Gasteiger partial charge in [0.05, 0.1) is 31.0 Å². The number of halogens is 5. The van der Waals surface area contributed by atoms with Gasteiger partial charge in [0.15, 0.2) is 5.75 Å². The Morgan fingerprint density at radius 1 is 0.792 bits per heavy atom. The molecule has 2 rings (SSSR count). The van der Waals surface area contributed by atoms with Crippen LogP contribution in [0.25, 0.3) is 0 Å². The molecule has 0 spiro atoms. The lowest BCUT2D eigenvalue weighted by molar-refractivity contribution is -0.394. The summed E-state index contributed by atoms with van der Waals surface area (Å²) in [6.45, 7) is 0. The molecule has 0 amide bonds. The Balaban J connectivity index is 2.61. The maximum Gasteiger partial charge on any atom is 0.318 e. The molecule has 0 aliphatic carbocycles. The van der Waals surface area contributed by atoms with Gasteiger partial charge in [0.25, 0.3) is 5.69 Å². The van der Waals surface area contributed by atoms with E-state index >= 15 is 0 Å². The molecule has 7 nitrogen and oxygen atoms in total. The molecule has 126 valence electrons. The van der Waals surface area contributed by atoms with Gasteiger partial charge in [-0.25, -0.2) is 0 Å². The molecule has 24 heavy (non-hydrogen) atoms. The Morgan fingerprint density at radius 3 is 1.75 bits per heavy atom. The number of benzene rings is 2. The maximum atomic E-state index is 11.1. The monoisotopic (exact) mass is 430 g/mol. The highest BCUT2D eigenvalue weighted by Crippen LogP contribution is 2.50. The molecule has 0 aromatic heterocycles. The van der Waals surface area contributed by atoms with Gasteiger partial charge in [0.2, 0.25) is 5.75 Å². The molecule has 0 fully saturated rings. The lowest BCUT2D eigenvalue weighted by Gasteiger charge is -2.13. The Kier molecular flexibility index (Phi) is 5.62. The van der Waals surface area contributed by atoms with Crippen LogP contribution in [0.15, 0.2) is 18.2 Å². The van der Waals surface area contributed by atoms with Crippen LogP contribution in [0.3, 0.4) is 0 Å². The van der Waals surface area contributed by atoms with E-state index in [0.717, 1.165) is 18.2 Å². The van der Waals surface area contributed by atoms with E-state index in [1.54, 1.807) is 0 Å². The number of nitrogens with zero attached hydrogens (tertiary/aromatic N) is 2. The Hall–Kier alpha value is -1.51. The van der Waals surface area contributed by atoms with Crippen LogP contribution < -0.4 is 4.74 Å². The lowest BCUT2D eigenvalue weighted by atomic mass is 10.2.